The Kier molecular flexibility index (Phi) is 3.69. The number of aryl methyl sites for hydroxylation is 1. The van der Waals surface area contributed by atoms with E-state index in [0.717, 1.165) is 14.5 Å². The van der Waals surface area contributed by atoms with E-state index in [2.05, 4.69) is 36.8 Å². The molecule has 0 amide bonds. The molecule has 0 aliphatic heterocycles. The lowest BCUT2D eigenvalue weighted by Crippen LogP contribution is -1.94. The Morgan fingerprint density at radius 3 is 2.71 bits per heavy atom. The number of benzene rings is 1. The van der Waals surface area contributed by atoms with E-state index in [1.807, 2.05) is 31.2 Å². The highest BCUT2D eigenvalue weighted by molar-refractivity contribution is 9.11. The summed E-state index contributed by atoms with van der Waals surface area (Å²) in [6.07, 6.45) is 1.67. The van der Waals surface area contributed by atoms with Gasteiger partial charge in [-0.1, -0.05) is 6.07 Å². The molecule has 0 unspecified atom stereocenters. The second kappa shape index (κ2) is 5.06. The van der Waals surface area contributed by atoms with Crippen LogP contribution >= 0.6 is 31.9 Å². The molecular weight excluding hydrogens is 348 g/mol. The number of aromatic nitrogens is 1. The summed E-state index contributed by atoms with van der Waals surface area (Å²) < 4.78 is 7.33. The van der Waals surface area contributed by atoms with E-state index in [4.69, 9.17) is 10.5 Å². The first-order valence-electron chi connectivity index (χ1n) is 4.91. The highest BCUT2D eigenvalue weighted by Crippen LogP contribution is 2.32. The summed E-state index contributed by atoms with van der Waals surface area (Å²) in [4.78, 5) is 4.17. The van der Waals surface area contributed by atoms with E-state index >= 15 is 0 Å². The highest BCUT2D eigenvalue weighted by atomic mass is 79.9. The molecule has 88 valence electrons. The van der Waals surface area contributed by atoms with E-state index in [9.17, 15) is 0 Å². The third kappa shape index (κ3) is 2.98. The fourth-order valence-electron chi connectivity index (χ4n) is 1.31. The van der Waals surface area contributed by atoms with Gasteiger partial charge in [-0.25, -0.2) is 4.98 Å². The maximum Gasteiger partial charge on any atom is 0.233 e. The molecule has 0 fully saturated rings. The molecule has 0 aliphatic carbocycles. The van der Waals surface area contributed by atoms with Crippen LogP contribution in [-0.4, -0.2) is 4.98 Å². The molecule has 0 aliphatic rings. The fraction of sp³-hybridized carbons (Fsp3) is 0.0833. The lowest BCUT2D eigenvalue weighted by atomic mass is 10.2. The third-order valence-corrected chi connectivity index (χ3v) is 3.15. The quantitative estimate of drug-likeness (QED) is 0.815. The Morgan fingerprint density at radius 2 is 2.00 bits per heavy atom. The normalized spacial score (nSPS) is 10.3. The third-order valence-electron chi connectivity index (χ3n) is 2.15. The molecule has 17 heavy (non-hydrogen) atoms. The largest absolute Gasteiger partial charge is 0.436 e. The Morgan fingerprint density at radius 1 is 1.24 bits per heavy atom. The first-order chi connectivity index (χ1) is 8.06. The zero-order valence-electron chi connectivity index (χ0n) is 9.08. The zero-order valence-corrected chi connectivity index (χ0v) is 12.2. The van der Waals surface area contributed by atoms with Crippen molar-refractivity contribution in [1.82, 2.24) is 4.98 Å². The molecule has 0 bridgehead atoms. The lowest BCUT2D eigenvalue weighted by Gasteiger charge is -2.09. The van der Waals surface area contributed by atoms with E-state index in [-0.39, 0.29) is 0 Å². The average molecular weight is 358 g/mol. The van der Waals surface area contributed by atoms with Crippen LogP contribution in [0.25, 0.3) is 0 Å². The number of pyridine rings is 1. The number of rotatable bonds is 2. The number of ether oxygens (including phenoxy) is 1. The Hall–Kier alpha value is -1.07. The molecule has 0 saturated heterocycles. The Balaban J connectivity index is 2.34. The summed E-state index contributed by atoms with van der Waals surface area (Å²) in [6.45, 7) is 1.98. The van der Waals surface area contributed by atoms with Crippen molar-refractivity contribution in [3.8, 4) is 11.6 Å². The maximum atomic E-state index is 5.84. The number of nitrogen functional groups attached to an aromatic ring is 1. The van der Waals surface area contributed by atoms with Gasteiger partial charge in [-0.15, -0.1) is 0 Å². The minimum absolute atomic E-state index is 0.491. The van der Waals surface area contributed by atoms with Crippen LogP contribution in [0.4, 0.5) is 5.69 Å². The van der Waals surface area contributed by atoms with Gasteiger partial charge in [0.05, 0.1) is 10.2 Å². The van der Waals surface area contributed by atoms with Crippen LogP contribution in [0.3, 0.4) is 0 Å². The zero-order chi connectivity index (χ0) is 12.4. The molecule has 2 rings (SSSR count). The van der Waals surface area contributed by atoms with Gasteiger partial charge in [0.2, 0.25) is 5.88 Å². The van der Waals surface area contributed by atoms with Crippen molar-refractivity contribution in [3.05, 3.63) is 45.0 Å². The van der Waals surface area contributed by atoms with Crippen LogP contribution in [0.2, 0.25) is 0 Å². The topological polar surface area (TPSA) is 48.1 Å². The summed E-state index contributed by atoms with van der Waals surface area (Å²) in [7, 11) is 0. The highest BCUT2D eigenvalue weighted by Gasteiger charge is 2.07. The standard InChI is InChI=1S/C12H10Br2N2O/c1-7-2-3-10(15)11(4-7)17-12-9(14)5-8(13)6-16-12/h2-6H,15H2,1H3. The SMILES string of the molecule is Cc1ccc(N)c(Oc2ncc(Br)cc2Br)c1. The van der Waals surface area contributed by atoms with Gasteiger partial charge in [0.15, 0.2) is 5.75 Å². The summed E-state index contributed by atoms with van der Waals surface area (Å²) in [5.74, 6) is 1.10. The van der Waals surface area contributed by atoms with Gasteiger partial charge < -0.3 is 10.5 Å². The van der Waals surface area contributed by atoms with E-state index in [1.165, 1.54) is 0 Å². The first-order valence-corrected chi connectivity index (χ1v) is 6.50. The summed E-state index contributed by atoms with van der Waals surface area (Å²) in [6, 6.07) is 7.50. The molecule has 0 radical (unpaired) electrons. The molecule has 0 spiro atoms. The van der Waals surface area contributed by atoms with Gasteiger partial charge in [-0.3, -0.25) is 0 Å². The summed E-state index contributed by atoms with van der Waals surface area (Å²) in [5.41, 5.74) is 7.52. The number of hydrogen-bond acceptors (Lipinski definition) is 3. The molecule has 2 aromatic rings. The Bertz CT molecular complexity index is 558. The van der Waals surface area contributed by atoms with Crippen molar-refractivity contribution >= 4 is 37.5 Å². The van der Waals surface area contributed by atoms with Crippen molar-refractivity contribution < 1.29 is 4.74 Å². The van der Waals surface area contributed by atoms with Gasteiger partial charge in [-0.2, -0.15) is 0 Å². The van der Waals surface area contributed by atoms with Crippen LogP contribution < -0.4 is 10.5 Å². The minimum atomic E-state index is 0.491. The smallest absolute Gasteiger partial charge is 0.233 e. The molecule has 0 saturated carbocycles. The molecule has 3 nitrogen and oxygen atoms in total. The minimum Gasteiger partial charge on any atom is -0.436 e. The van der Waals surface area contributed by atoms with Crippen molar-refractivity contribution in [2.75, 3.05) is 5.73 Å². The number of anilines is 1. The molecule has 1 aromatic heterocycles. The molecule has 2 N–H and O–H groups in total. The van der Waals surface area contributed by atoms with E-state index < -0.39 is 0 Å². The Labute approximate surface area is 116 Å². The maximum absolute atomic E-state index is 5.84. The first kappa shape index (κ1) is 12.4. The van der Waals surface area contributed by atoms with Crippen molar-refractivity contribution in [2.24, 2.45) is 0 Å². The van der Waals surface area contributed by atoms with E-state index in [1.54, 1.807) is 6.20 Å². The van der Waals surface area contributed by atoms with Crippen LogP contribution in [0.5, 0.6) is 11.6 Å². The van der Waals surface area contributed by atoms with Gasteiger partial charge in [0.25, 0.3) is 0 Å². The molecule has 1 aromatic carbocycles. The van der Waals surface area contributed by atoms with Crippen molar-refractivity contribution in [1.29, 1.82) is 0 Å². The molecular formula is C12H10Br2N2O. The van der Waals surface area contributed by atoms with Gasteiger partial charge in [0, 0.05) is 10.7 Å². The average Bonchev–Trinajstić information content (AvgIpc) is 2.27. The number of nitrogens with two attached hydrogens (primary N) is 1. The van der Waals surface area contributed by atoms with Crippen LogP contribution in [-0.2, 0) is 0 Å². The predicted octanol–water partition coefficient (Wildman–Crippen LogP) is 4.29. The number of nitrogens with zero attached hydrogens (tertiary/aromatic N) is 1. The molecule has 5 heteroatoms. The van der Waals surface area contributed by atoms with Crippen LogP contribution in [0.1, 0.15) is 5.56 Å². The fourth-order valence-corrected chi connectivity index (χ4v) is 2.38. The number of halogens is 2. The molecule has 0 atom stereocenters. The second-order valence-corrected chi connectivity index (χ2v) is 5.35. The van der Waals surface area contributed by atoms with Crippen LogP contribution in [0.15, 0.2) is 39.4 Å². The monoisotopic (exact) mass is 356 g/mol. The van der Waals surface area contributed by atoms with Crippen molar-refractivity contribution in [2.45, 2.75) is 6.92 Å². The summed E-state index contributed by atoms with van der Waals surface area (Å²) >= 11 is 6.72. The van der Waals surface area contributed by atoms with Gasteiger partial charge >= 0.3 is 0 Å². The van der Waals surface area contributed by atoms with Gasteiger partial charge in [0.1, 0.15) is 0 Å². The number of hydrogen-bond donors (Lipinski definition) is 1. The summed E-state index contributed by atoms with van der Waals surface area (Å²) in [5, 5.41) is 0. The second-order valence-electron chi connectivity index (χ2n) is 3.58. The molecule has 1 heterocycles. The van der Waals surface area contributed by atoms with E-state index in [0.29, 0.717) is 17.3 Å². The van der Waals surface area contributed by atoms with Crippen LogP contribution in [0, 0.1) is 6.92 Å². The predicted molar refractivity (Wildman–Crippen MR) is 75.3 cm³/mol. The van der Waals surface area contributed by atoms with Crippen molar-refractivity contribution in [3.63, 3.8) is 0 Å². The lowest BCUT2D eigenvalue weighted by molar-refractivity contribution is 0.461. The van der Waals surface area contributed by atoms with Gasteiger partial charge in [-0.05, 0) is 62.5 Å².